The van der Waals surface area contributed by atoms with Crippen molar-refractivity contribution in [1.82, 2.24) is 20.4 Å². The van der Waals surface area contributed by atoms with Gasteiger partial charge < -0.3 is 4.52 Å². The third-order valence-corrected chi connectivity index (χ3v) is 4.14. The normalized spacial score (nSPS) is 17.0. The quantitative estimate of drug-likeness (QED) is 0.899. The van der Waals surface area contributed by atoms with Crippen LogP contribution in [0.4, 0.5) is 0 Å². The first-order valence-electron chi connectivity index (χ1n) is 6.20. The molecule has 5 nitrogen and oxygen atoms in total. The molecule has 0 aliphatic heterocycles. The summed E-state index contributed by atoms with van der Waals surface area (Å²) in [6.45, 7) is 4.70. The van der Waals surface area contributed by atoms with Crippen molar-refractivity contribution >= 4 is 11.3 Å². The molecule has 2 aromatic heterocycles. The molecule has 0 spiro atoms. The van der Waals surface area contributed by atoms with Gasteiger partial charge in [-0.3, -0.25) is 5.32 Å². The van der Waals surface area contributed by atoms with E-state index in [4.69, 9.17) is 4.52 Å². The summed E-state index contributed by atoms with van der Waals surface area (Å²) in [4.78, 5) is 8.84. The smallest absolute Gasteiger partial charge is 0.240 e. The van der Waals surface area contributed by atoms with Crippen molar-refractivity contribution in [2.75, 3.05) is 0 Å². The van der Waals surface area contributed by atoms with Crippen molar-refractivity contribution in [3.8, 4) is 0 Å². The van der Waals surface area contributed by atoms with Gasteiger partial charge in [-0.05, 0) is 26.7 Å². The van der Waals surface area contributed by atoms with E-state index in [1.807, 2.05) is 6.92 Å². The first-order chi connectivity index (χ1) is 8.72. The highest BCUT2D eigenvalue weighted by atomic mass is 32.1. The summed E-state index contributed by atoms with van der Waals surface area (Å²) in [5.74, 6) is 2.07. The zero-order valence-electron chi connectivity index (χ0n) is 10.5. The Labute approximate surface area is 110 Å². The summed E-state index contributed by atoms with van der Waals surface area (Å²) in [6.07, 6.45) is 2.39. The molecule has 6 heteroatoms. The zero-order valence-corrected chi connectivity index (χ0v) is 11.3. The van der Waals surface area contributed by atoms with Crippen LogP contribution in [-0.2, 0) is 6.54 Å². The third-order valence-electron chi connectivity index (χ3n) is 2.99. The van der Waals surface area contributed by atoms with E-state index in [0.717, 1.165) is 16.5 Å². The minimum atomic E-state index is 0.208. The lowest BCUT2D eigenvalue weighted by atomic mass is 10.3. The number of rotatable bonds is 5. The molecule has 1 atom stereocenters. The molecule has 0 radical (unpaired) electrons. The van der Waals surface area contributed by atoms with E-state index in [0.29, 0.717) is 18.4 Å². The van der Waals surface area contributed by atoms with Gasteiger partial charge in [-0.25, -0.2) is 4.98 Å². The number of nitrogens with one attached hydrogen (secondary N) is 1. The molecule has 1 N–H and O–H groups in total. The minimum Gasteiger partial charge on any atom is -0.338 e. The second-order valence-electron chi connectivity index (χ2n) is 4.75. The van der Waals surface area contributed by atoms with Crippen molar-refractivity contribution in [1.29, 1.82) is 0 Å². The van der Waals surface area contributed by atoms with Crippen LogP contribution in [0.3, 0.4) is 0 Å². The Morgan fingerprint density at radius 1 is 1.50 bits per heavy atom. The molecule has 0 saturated heterocycles. The number of nitrogens with zero attached hydrogens (tertiary/aromatic N) is 3. The van der Waals surface area contributed by atoms with E-state index in [1.165, 1.54) is 12.8 Å². The highest BCUT2D eigenvalue weighted by Crippen LogP contribution is 2.38. The summed E-state index contributed by atoms with van der Waals surface area (Å²) < 4.78 is 5.22. The number of aromatic nitrogens is 3. The number of thiazole rings is 1. The maximum Gasteiger partial charge on any atom is 0.240 e. The average Bonchev–Trinajstić information content (AvgIpc) is 2.95. The maximum absolute atomic E-state index is 5.22. The van der Waals surface area contributed by atoms with Crippen LogP contribution in [0.5, 0.6) is 0 Å². The monoisotopic (exact) mass is 264 g/mol. The predicted octanol–water partition coefficient (Wildman–Crippen LogP) is 2.56. The fourth-order valence-corrected chi connectivity index (χ4v) is 2.57. The lowest BCUT2D eigenvalue weighted by Crippen LogP contribution is -2.18. The van der Waals surface area contributed by atoms with Gasteiger partial charge in [-0.15, -0.1) is 11.3 Å². The van der Waals surface area contributed by atoms with Gasteiger partial charge in [0.2, 0.25) is 5.89 Å². The molecule has 0 amide bonds. The Hall–Kier alpha value is -1.27. The topological polar surface area (TPSA) is 63.8 Å². The first kappa shape index (κ1) is 11.8. The van der Waals surface area contributed by atoms with Gasteiger partial charge in [0.1, 0.15) is 5.01 Å². The molecule has 2 heterocycles. The Bertz CT molecular complexity index is 532. The number of hydrogen-bond donors (Lipinski definition) is 1. The molecule has 18 heavy (non-hydrogen) atoms. The molecule has 0 aromatic carbocycles. The summed E-state index contributed by atoms with van der Waals surface area (Å²) in [7, 11) is 0. The lowest BCUT2D eigenvalue weighted by molar-refractivity contribution is 0.356. The molecule has 1 saturated carbocycles. The highest BCUT2D eigenvalue weighted by molar-refractivity contribution is 7.09. The molecule has 1 unspecified atom stereocenters. The van der Waals surface area contributed by atoms with Crippen LogP contribution in [0.2, 0.25) is 0 Å². The van der Waals surface area contributed by atoms with Gasteiger partial charge in [0.05, 0.1) is 12.6 Å². The largest absolute Gasteiger partial charge is 0.338 e. The SMILES string of the molecule is Cc1csc(C(C)NCc2nc(C3CC3)no2)n1. The summed E-state index contributed by atoms with van der Waals surface area (Å²) in [5, 5.41) is 10.5. The van der Waals surface area contributed by atoms with Gasteiger partial charge in [-0.2, -0.15) is 4.98 Å². The van der Waals surface area contributed by atoms with Gasteiger partial charge in [0.25, 0.3) is 0 Å². The van der Waals surface area contributed by atoms with Crippen molar-refractivity contribution in [3.63, 3.8) is 0 Å². The second-order valence-corrected chi connectivity index (χ2v) is 5.64. The van der Waals surface area contributed by atoms with Crippen LogP contribution >= 0.6 is 11.3 Å². The second kappa shape index (κ2) is 4.78. The molecule has 2 aromatic rings. The van der Waals surface area contributed by atoms with E-state index < -0.39 is 0 Å². The van der Waals surface area contributed by atoms with Gasteiger partial charge in [-0.1, -0.05) is 5.16 Å². The standard InChI is InChI=1S/C12H16N4OS/c1-7-6-18-12(14-7)8(2)13-5-10-15-11(16-17-10)9-3-4-9/h6,8-9,13H,3-5H2,1-2H3. The summed E-state index contributed by atoms with van der Waals surface area (Å²) >= 11 is 1.67. The Morgan fingerprint density at radius 3 is 3.00 bits per heavy atom. The molecule has 1 aliphatic rings. The fraction of sp³-hybridized carbons (Fsp3) is 0.583. The van der Waals surface area contributed by atoms with E-state index in [9.17, 15) is 0 Å². The van der Waals surface area contributed by atoms with Gasteiger partial charge in [0.15, 0.2) is 5.82 Å². The molecule has 1 fully saturated rings. The molecular weight excluding hydrogens is 248 g/mol. The highest BCUT2D eigenvalue weighted by Gasteiger charge is 2.28. The minimum absolute atomic E-state index is 0.208. The molecule has 3 rings (SSSR count). The van der Waals surface area contributed by atoms with Crippen LogP contribution in [-0.4, -0.2) is 15.1 Å². The van der Waals surface area contributed by atoms with Crippen molar-refractivity contribution in [2.45, 2.75) is 45.2 Å². The summed E-state index contributed by atoms with van der Waals surface area (Å²) in [6, 6.07) is 0.208. The number of aryl methyl sites for hydroxylation is 1. The molecule has 0 bridgehead atoms. The van der Waals surface area contributed by atoms with Gasteiger partial charge >= 0.3 is 0 Å². The summed E-state index contributed by atoms with van der Waals surface area (Å²) in [5.41, 5.74) is 1.07. The fourth-order valence-electron chi connectivity index (χ4n) is 1.75. The Morgan fingerprint density at radius 2 is 2.33 bits per heavy atom. The van der Waals surface area contributed by atoms with E-state index in [2.05, 4.69) is 32.7 Å². The molecule has 1 aliphatic carbocycles. The lowest BCUT2D eigenvalue weighted by Gasteiger charge is -2.08. The molecular formula is C12H16N4OS. The first-order valence-corrected chi connectivity index (χ1v) is 7.08. The predicted molar refractivity (Wildman–Crippen MR) is 68.4 cm³/mol. The Balaban J connectivity index is 1.56. The van der Waals surface area contributed by atoms with E-state index >= 15 is 0 Å². The van der Waals surface area contributed by atoms with Crippen LogP contribution in [0.1, 0.15) is 54.1 Å². The van der Waals surface area contributed by atoms with Gasteiger partial charge in [0, 0.05) is 17.0 Å². The van der Waals surface area contributed by atoms with Crippen LogP contribution in [0.15, 0.2) is 9.90 Å². The van der Waals surface area contributed by atoms with E-state index in [1.54, 1.807) is 11.3 Å². The molecule has 96 valence electrons. The van der Waals surface area contributed by atoms with Crippen molar-refractivity contribution < 1.29 is 4.52 Å². The Kier molecular flexibility index (Phi) is 3.13. The van der Waals surface area contributed by atoms with Crippen LogP contribution in [0.25, 0.3) is 0 Å². The van der Waals surface area contributed by atoms with Crippen molar-refractivity contribution in [3.05, 3.63) is 27.8 Å². The zero-order chi connectivity index (χ0) is 12.5. The van der Waals surface area contributed by atoms with Crippen LogP contribution < -0.4 is 5.32 Å². The number of hydrogen-bond acceptors (Lipinski definition) is 6. The maximum atomic E-state index is 5.22. The van der Waals surface area contributed by atoms with E-state index in [-0.39, 0.29) is 6.04 Å². The average molecular weight is 264 g/mol. The van der Waals surface area contributed by atoms with Crippen LogP contribution in [0, 0.1) is 6.92 Å². The van der Waals surface area contributed by atoms with Crippen molar-refractivity contribution in [2.24, 2.45) is 0 Å². The third kappa shape index (κ3) is 2.59.